The molecule has 0 fully saturated rings. The molecule has 0 unspecified atom stereocenters. The fourth-order valence-electron chi connectivity index (χ4n) is 3.81. The molecular formula is C27H31N5O2. The van der Waals surface area contributed by atoms with Crippen LogP contribution in [0.15, 0.2) is 96.0 Å². The first-order chi connectivity index (χ1) is 16.5. The van der Waals surface area contributed by atoms with Crippen molar-refractivity contribution >= 4 is 23.5 Å². The molecule has 0 aliphatic heterocycles. The summed E-state index contributed by atoms with van der Waals surface area (Å²) in [5, 5.41) is 3.01. The summed E-state index contributed by atoms with van der Waals surface area (Å²) in [5.41, 5.74) is 13.3. The molecule has 0 heterocycles. The highest BCUT2D eigenvalue weighted by Crippen LogP contribution is 2.25. The first-order valence-corrected chi connectivity index (χ1v) is 11.3. The number of anilines is 1. The van der Waals surface area contributed by atoms with Crippen LogP contribution in [0.3, 0.4) is 0 Å². The van der Waals surface area contributed by atoms with E-state index in [0.29, 0.717) is 19.4 Å². The summed E-state index contributed by atoms with van der Waals surface area (Å²) >= 11 is 0. The molecule has 0 radical (unpaired) electrons. The molecule has 7 nitrogen and oxygen atoms in total. The number of nitrogens with zero attached hydrogens (tertiary/aromatic N) is 2. The predicted octanol–water partition coefficient (Wildman–Crippen LogP) is 3.02. The average Bonchev–Trinajstić information content (AvgIpc) is 2.87. The third-order valence-electron chi connectivity index (χ3n) is 5.56. The average molecular weight is 458 g/mol. The Kier molecular flexibility index (Phi) is 8.80. The molecule has 0 aliphatic rings. The number of carbonyl (C=O) groups is 2. The van der Waals surface area contributed by atoms with Crippen molar-refractivity contribution in [2.75, 3.05) is 18.5 Å². The zero-order chi connectivity index (χ0) is 24.3. The van der Waals surface area contributed by atoms with Crippen LogP contribution < -0.4 is 21.7 Å². The zero-order valence-electron chi connectivity index (χ0n) is 19.3. The first kappa shape index (κ1) is 24.5. The minimum absolute atomic E-state index is 0.00142. The van der Waals surface area contributed by atoms with Crippen molar-refractivity contribution < 1.29 is 9.59 Å². The lowest BCUT2D eigenvalue weighted by atomic mass is 9.90. The third-order valence-corrected chi connectivity index (χ3v) is 5.56. The number of hydrogen-bond acceptors (Lipinski definition) is 3. The number of nitrogens with one attached hydrogen (secondary N) is 1. The van der Waals surface area contributed by atoms with Crippen molar-refractivity contribution in [3.63, 3.8) is 0 Å². The predicted molar refractivity (Wildman–Crippen MR) is 136 cm³/mol. The fourth-order valence-corrected chi connectivity index (χ4v) is 3.81. The van der Waals surface area contributed by atoms with E-state index in [0.717, 1.165) is 16.8 Å². The smallest absolute Gasteiger partial charge is 0.249 e. The molecule has 3 aromatic carbocycles. The number of nitrogens with two attached hydrogens (primary N) is 2. The largest absolute Gasteiger partial charge is 0.370 e. The summed E-state index contributed by atoms with van der Waals surface area (Å²) < 4.78 is 0. The molecule has 1 atom stereocenters. The first-order valence-electron chi connectivity index (χ1n) is 11.3. The van der Waals surface area contributed by atoms with Gasteiger partial charge in [0.15, 0.2) is 5.96 Å². The summed E-state index contributed by atoms with van der Waals surface area (Å²) in [6, 6.07) is 27.7. The minimum atomic E-state index is -0.734. The third kappa shape index (κ3) is 6.68. The number of aliphatic imine (C=N–C) groups is 1. The van der Waals surface area contributed by atoms with Crippen LogP contribution in [-0.2, 0) is 9.59 Å². The molecule has 0 spiro atoms. The van der Waals surface area contributed by atoms with E-state index >= 15 is 0 Å². The second-order valence-corrected chi connectivity index (χ2v) is 8.00. The van der Waals surface area contributed by atoms with Crippen molar-refractivity contribution in [2.45, 2.75) is 24.8 Å². The van der Waals surface area contributed by atoms with Gasteiger partial charge in [0, 0.05) is 19.3 Å². The molecule has 5 N–H and O–H groups in total. The van der Waals surface area contributed by atoms with Crippen LogP contribution in [0.25, 0.3) is 0 Å². The number of guanidine groups is 1. The lowest BCUT2D eigenvalue weighted by molar-refractivity contribution is -0.128. The standard InChI is InChI=1S/C27H31N5O2/c1-32(22-16-9-4-10-17-22)26(34)23(18-11-19-30-27(28)29)31-25(33)24(20-12-5-2-6-13-20)21-14-7-3-8-15-21/h2-10,12-17,23-24H,11,18-19H2,1H3,(H,31,33)(H4,28,29,30)/t23-/m0/s1. The SMILES string of the molecule is CN(C(=O)[C@H](CCCN=C(N)N)NC(=O)C(c1ccccc1)c1ccccc1)c1ccccc1. The lowest BCUT2D eigenvalue weighted by Gasteiger charge is -2.27. The van der Waals surface area contributed by atoms with Crippen molar-refractivity contribution in [1.82, 2.24) is 5.32 Å². The van der Waals surface area contributed by atoms with Crippen LogP contribution in [0.2, 0.25) is 0 Å². The van der Waals surface area contributed by atoms with Gasteiger partial charge >= 0.3 is 0 Å². The summed E-state index contributed by atoms with van der Waals surface area (Å²) in [6.45, 7) is 0.373. The quantitative estimate of drug-likeness (QED) is 0.247. The Morgan fingerprint density at radius 1 is 0.853 bits per heavy atom. The molecule has 0 aliphatic carbocycles. The number of likely N-dealkylation sites (N-methyl/N-ethyl adjacent to an activating group) is 1. The van der Waals surface area contributed by atoms with E-state index < -0.39 is 12.0 Å². The summed E-state index contributed by atoms with van der Waals surface area (Å²) in [4.78, 5) is 32.6. The maximum atomic E-state index is 13.6. The molecule has 0 saturated heterocycles. The second-order valence-electron chi connectivity index (χ2n) is 8.00. The fraction of sp³-hybridized carbons (Fsp3) is 0.222. The van der Waals surface area contributed by atoms with E-state index in [1.807, 2.05) is 91.0 Å². The number of carbonyl (C=O) groups excluding carboxylic acids is 2. The maximum Gasteiger partial charge on any atom is 0.249 e. The number of para-hydroxylation sites is 1. The van der Waals surface area contributed by atoms with Gasteiger partial charge in [-0.15, -0.1) is 0 Å². The van der Waals surface area contributed by atoms with Gasteiger partial charge in [-0.3, -0.25) is 14.6 Å². The van der Waals surface area contributed by atoms with E-state index in [9.17, 15) is 9.59 Å². The van der Waals surface area contributed by atoms with Gasteiger partial charge in [0.05, 0.1) is 5.92 Å². The van der Waals surface area contributed by atoms with Gasteiger partial charge in [0.2, 0.25) is 11.8 Å². The van der Waals surface area contributed by atoms with Gasteiger partial charge in [-0.25, -0.2) is 0 Å². The van der Waals surface area contributed by atoms with Gasteiger partial charge in [-0.2, -0.15) is 0 Å². The molecule has 176 valence electrons. The Bertz CT molecular complexity index is 1040. The van der Waals surface area contributed by atoms with Gasteiger partial charge in [-0.1, -0.05) is 78.9 Å². The molecule has 7 heteroatoms. The second kappa shape index (κ2) is 12.2. The number of benzene rings is 3. The molecule has 0 bridgehead atoms. The Morgan fingerprint density at radius 2 is 1.35 bits per heavy atom. The molecule has 3 aromatic rings. The highest BCUT2D eigenvalue weighted by molar-refractivity contribution is 6.00. The van der Waals surface area contributed by atoms with Crippen LogP contribution >= 0.6 is 0 Å². The Balaban J connectivity index is 1.85. The van der Waals surface area contributed by atoms with E-state index in [-0.39, 0.29) is 17.8 Å². The lowest BCUT2D eigenvalue weighted by Crippen LogP contribution is -2.49. The van der Waals surface area contributed by atoms with Crippen LogP contribution in [0.5, 0.6) is 0 Å². The monoisotopic (exact) mass is 457 g/mol. The van der Waals surface area contributed by atoms with Gasteiger partial charge in [0.1, 0.15) is 6.04 Å². The molecule has 0 aromatic heterocycles. The van der Waals surface area contributed by atoms with Gasteiger partial charge in [0.25, 0.3) is 0 Å². The Hall–Kier alpha value is -4.13. The molecular weight excluding hydrogens is 426 g/mol. The van der Waals surface area contributed by atoms with E-state index in [1.54, 1.807) is 11.9 Å². The maximum absolute atomic E-state index is 13.6. The zero-order valence-corrected chi connectivity index (χ0v) is 19.3. The number of rotatable bonds is 10. The van der Waals surface area contributed by atoms with Crippen molar-refractivity contribution in [3.8, 4) is 0 Å². The number of hydrogen-bond donors (Lipinski definition) is 3. The van der Waals surface area contributed by atoms with Crippen LogP contribution in [-0.4, -0.2) is 37.4 Å². The van der Waals surface area contributed by atoms with Gasteiger partial charge in [-0.05, 0) is 36.1 Å². The summed E-state index contributed by atoms with van der Waals surface area (Å²) in [7, 11) is 1.71. The molecule has 0 saturated carbocycles. The number of amides is 2. The summed E-state index contributed by atoms with van der Waals surface area (Å²) in [6.07, 6.45) is 0.938. The van der Waals surface area contributed by atoms with E-state index in [2.05, 4.69) is 10.3 Å². The van der Waals surface area contributed by atoms with Gasteiger partial charge < -0.3 is 21.7 Å². The molecule has 34 heavy (non-hydrogen) atoms. The normalized spacial score (nSPS) is 11.5. The minimum Gasteiger partial charge on any atom is -0.370 e. The van der Waals surface area contributed by atoms with E-state index in [1.165, 1.54) is 0 Å². The van der Waals surface area contributed by atoms with Crippen molar-refractivity contribution in [1.29, 1.82) is 0 Å². The highest BCUT2D eigenvalue weighted by atomic mass is 16.2. The van der Waals surface area contributed by atoms with E-state index in [4.69, 9.17) is 11.5 Å². The molecule has 3 rings (SSSR count). The van der Waals surface area contributed by atoms with Crippen molar-refractivity contribution in [2.24, 2.45) is 16.5 Å². The topological polar surface area (TPSA) is 114 Å². The molecule has 2 amide bonds. The van der Waals surface area contributed by atoms with Crippen molar-refractivity contribution in [3.05, 3.63) is 102 Å². The van der Waals surface area contributed by atoms with Crippen LogP contribution in [0, 0.1) is 0 Å². The van der Waals surface area contributed by atoms with Crippen LogP contribution in [0.1, 0.15) is 29.9 Å². The van der Waals surface area contributed by atoms with Crippen LogP contribution in [0.4, 0.5) is 5.69 Å². The summed E-state index contributed by atoms with van der Waals surface area (Å²) in [5.74, 6) is -0.984. The highest BCUT2D eigenvalue weighted by Gasteiger charge is 2.29. The Morgan fingerprint density at radius 3 is 1.85 bits per heavy atom. The Labute approximate surface area is 200 Å².